The number of hydrogen-bond donors (Lipinski definition) is 5. The normalized spacial score (nSPS) is 16.8. The minimum Gasteiger partial charge on any atom is -0.453 e. The number of carbonyl (C=O) groups is 4. The molecule has 0 radical (unpaired) electrons. The Kier molecular flexibility index (Phi) is 15.1. The maximum Gasteiger partial charge on any atom is 0.407 e. The highest BCUT2D eigenvalue weighted by Crippen LogP contribution is 2.34. The van der Waals surface area contributed by atoms with Crippen molar-refractivity contribution in [1.29, 1.82) is 0 Å². The zero-order valence-electron chi connectivity index (χ0n) is 36.1. The van der Waals surface area contributed by atoms with Crippen molar-refractivity contribution >= 4 is 23.9 Å². The number of hydrogen-bond acceptors (Lipinski definition) is 8. The summed E-state index contributed by atoms with van der Waals surface area (Å²) < 4.78 is 4.85. The first-order chi connectivity index (χ1) is 28.4. The van der Waals surface area contributed by atoms with E-state index in [1.807, 2.05) is 139 Å². The minimum absolute atomic E-state index is 0.0649. The number of aliphatic hydroxyl groups is 1. The lowest BCUT2D eigenvalue weighted by Crippen LogP contribution is -2.57. The summed E-state index contributed by atoms with van der Waals surface area (Å²) in [5.74, 6) is -1.41. The summed E-state index contributed by atoms with van der Waals surface area (Å²) in [4.78, 5) is 65.2. The van der Waals surface area contributed by atoms with Crippen LogP contribution in [0.2, 0.25) is 0 Å². The molecular formula is C47H61N7O6. The number of urea groups is 1. The van der Waals surface area contributed by atoms with Gasteiger partial charge in [-0.05, 0) is 72.4 Å². The van der Waals surface area contributed by atoms with Crippen molar-refractivity contribution in [3.63, 3.8) is 0 Å². The van der Waals surface area contributed by atoms with Crippen LogP contribution in [0.3, 0.4) is 0 Å². The number of rotatable bonds is 16. The quantitative estimate of drug-likeness (QED) is 0.0918. The van der Waals surface area contributed by atoms with E-state index in [1.54, 1.807) is 11.1 Å². The molecule has 1 fully saturated rings. The molecule has 13 nitrogen and oxygen atoms in total. The number of methoxy groups -OCH3 is 1. The van der Waals surface area contributed by atoms with Crippen molar-refractivity contribution in [3.05, 3.63) is 120 Å². The van der Waals surface area contributed by atoms with E-state index in [9.17, 15) is 24.3 Å². The monoisotopic (exact) mass is 819 g/mol. The maximum atomic E-state index is 14.7. The Hall–Kier alpha value is -5.82. The summed E-state index contributed by atoms with van der Waals surface area (Å²) in [6, 6.07) is 25.7. The standard InChI is InChI=1S/C47H61N7O6/c1-30-15-14-18-34(50-30)29-54-38(28-49-44(54)58)40(46(2,3)4)42(56)52-37(26-31-16-10-9-11-17-31)39(55)27-35(51-43(57)41(47(5,6)7)53-45(59)60-8)25-32-20-22-33(23-21-32)36-19-12-13-24-48-36/h9-24,35,37-41,55H,25-29H2,1-8H3,(H,49,58)(H,51,57)(H,52,56)(H,53,59)/t35-,37-,38?,39+,40-,41+/m0/s1. The molecule has 320 valence electrons. The largest absolute Gasteiger partial charge is 0.453 e. The van der Waals surface area contributed by atoms with Gasteiger partial charge in [-0.25, -0.2) is 9.59 Å². The van der Waals surface area contributed by atoms with Gasteiger partial charge in [0, 0.05) is 30.0 Å². The molecule has 5 N–H and O–H groups in total. The molecule has 3 heterocycles. The van der Waals surface area contributed by atoms with Gasteiger partial charge in [0.1, 0.15) is 6.04 Å². The number of nitrogens with one attached hydrogen (secondary N) is 4. The fraction of sp³-hybridized carbons (Fsp3) is 0.447. The zero-order valence-corrected chi connectivity index (χ0v) is 36.1. The van der Waals surface area contributed by atoms with Crippen LogP contribution >= 0.6 is 0 Å². The fourth-order valence-electron chi connectivity index (χ4n) is 7.89. The Labute approximate surface area is 354 Å². The summed E-state index contributed by atoms with van der Waals surface area (Å²) in [6.45, 7) is 13.9. The average molecular weight is 820 g/mol. The first-order valence-electron chi connectivity index (χ1n) is 20.6. The summed E-state index contributed by atoms with van der Waals surface area (Å²) >= 11 is 0. The van der Waals surface area contributed by atoms with Crippen LogP contribution in [0.1, 0.15) is 70.5 Å². The van der Waals surface area contributed by atoms with Crippen molar-refractivity contribution in [2.45, 2.75) is 105 Å². The third kappa shape index (κ3) is 12.4. The second kappa shape index (κ2) is 20.0. The molecule has 5 amide bonds. The number of amides is 5. The Bertz CT molecular complexity index is 2050. The smallest absolute Gasteiger partial charge is 0.407 e. The molecule has 5 rings (SSSR count). The van der Waals surface area contributed by atoms with Gasteiger partial charge in [-0.1, -0.05) is 108 Å². The summed E-state index contributed by atoms with van der Waals surface area (Å²) in [6.07, 6.45) is 0.577. The van der Waals surface area contributed by atoms with E-state index in [4.69, 9.17) is 4.74 Å². The van der Waals surface area contributed by atoms with Crippen LogP contribution < -0.4 is 21.3 Å². The van der Waals surface area contributed by atoms with Crippen LogP contribution in [-0.4, -0.2) is 87.8 Å². The predicted molar refractivity (Wildman–Crippen MR) is 231 cm³/mol. The van der Waals surface area contributed by atoms with Gasteiger partial charge in [-0.15, -0.1) is 0 Å². The van der Waals surface area contributed by atoms with Crippen molar-refractivity contribution in [3.8, 4) is 11.3 Å². The van der Waals surface area contributed by atoms with Gasteiger partial charge in [-0.2, -0.15) is 0 Å². The van der Waals surface area contributed by atoms with Crippen LogP contribution in [0.4, 0.5) is 9.59 Å². The van der Waals surface area contributed by atoms with Gasteiger partial charge in [0.25, 0.3) is 0 Å². The van der Waals surface area contributed by atoms with E-state index in [0.29, 0.717) is 12.8 Å². The van der Waals surface area contributed by atoms with Gasteiger partial charge in [-0.3, -0.25) is 19.6 Å². The average Bonchev–Trinajstić information content (AvgIpc) is 3.54. The highest BCUT2D eigenvalue weighted by atomic mass is 16.5. The molecule has 1 unspecified atom stereocenters. The van der Waals surface area contributed by atoms with Gasteiger partial charge in [0.05, 0.1) is 49.1 Å². The number of carbonyl (C=O) groups excluding carboxylic acids is 4. The van der Waals surface area contributed by atoms with E-state index < -0.39 is 59.0 Å². The van der Waals surface area contributed by atoms with Crippen LogP contribution in [-0.2, 0) is 33.7 Å². The SMILES string of the molecule is COC(=O)N[C@H](C(=O)N[C@@H](Cc1ccc(-c2ccccn2)cc1)C[C@@H](O)[C@H](Cc1ccccc1)NC(=O)[C@H](C1CNC(=O)N1Cc1cccc(C)n1)C(C)(C)C)C(C)(C)C. The van der Waals surface area contributed by atoms with Crippen molar-refractivity contribution in [2.75, 3.05) is 13.7 Å². The fourth-order valence-corrected chi connectivity index (χ4v) is 7.89. The van der Waals surface area contributed by atoms with Gasteiger partial charge >= 0.3 is 12.1 Å². The third-order valence-electron chi connectivity index (χ3n) is 10.9. The second-order valence-corrected chi connectivity index (χ2v) is 17.9. The highest BCUT2D eigenvalue weighted by molar-refractivity contribution is 5.87. The van der Waals surface area contributed by atoms with Crippen molar-refractivity contribution in [1.82, 2.24) is 36.1 Å². The topological polar surface area (TPSA) is 175 Å². The molecule has 1 saturated heterocycles. The molecule has 0 bridgehead atoms. The van der Waals surface area contributed by atoms with E-state index in [0.717, 1.165) is 33.8 Å². The number of aliphatic hydroxyl groups excluding tert-OH is 1. The summed E-state index contributed by atoms with van der Waals surface area (Å²) in [7, 11) is 1.24. The first kappa shape index (κ1) is 45.3. The summed E-state index contributed by atoms with van der Waals surface area (Å²) in [5, 5.41) is 24.2. The number of nitrogens with zero attached hydrogens (tertiary/aromatic N) is 3. The highest BCUT2D eigenvalue weighted by Gasteiger charge is 2.46. The lowest BCUT2D eigenvalue weighted by molar-refractivity contribution is -0.132. The third-order valence-corrected chi connectivity index (χ3v) is 10.9. The van der Waals surface area contributed by atoms with Crippen molar-refractivity contribution in [2.24, 2.45) is 16.7 Å². The zero-order chi connectivity index (χ0) is 43.6. The molecule has 1 aliphatic rings. The van der Waals surface area contributed by atoms with E-state index in [1.165, 1.54) is 7.11 Å². The maximum absolute atomic E-state index is 14.7. The first-order valence-corrected chi connectivity index (χ1v) is 20.6. The Morgan fingerprint density at radius 2 is 1.52 bits per heavy atom. The Morgan fingerprint density at radius 3 is 2.13 bits per heavy atom. The number of pyridine rings is 2. The lowest BCUT2D eigenvalue weighted by atomic mass is 9.75. The Morgan fingerprint density at radius 1 is 0.833 bits per heavy atom. The molecule has 0 aliphatic carbocycles. The lowest BCUT2D eigenvalue weighted by Gasteiger charge is -2.39. The van der Waals surface area contributed by atoms with Crippen LogP contribution in [0.15, 0.2) is 97.2 Å². The number of aryl methyl sites for hydroxylation is 1. The Balaban J connectivity index is 1.44. The molecule has 1 aliphatic heterocycles. The van der Waals surface area contributed by atoms with Crippen LogP contribution in [0, 0.1) is 23.7 Å². The predicted octanol–water partition coefficient (Wildman–Crippen LogP) is 5.98. The molecule has 0 spiro atoms. The molecular weight excluding hydrogens is 759 g/mol. The second-order valence-electron chi connectivity index (χ2n) is 17.9. The molecule has 60 heavy (non-hydrogen) atoms. The van der Waals surface area contributed by atoms with Crippen LogP contribution in [0.25, 0.3) is 11.3 Å². The number of benzene rings is 2. The van der Waals surface area contributed by atoms with Crippen LogP contribution in [0.5, 0.6) is 0 Å². The molecule has 2 aromatic carbocycles. The number of aromatic nitrogens is 2. The molecule has 4 aromatic rings. The van der Waals surface area contributed by atoms with Gasteiger partial charge in [0.15, 0.2) is 0 Å². The molecule has 0 saturated carbocycles. The van der Waals surface area contributed by atoms with Crippen molar-refractivity contribution < 1.29 is 29.0 Å². The summed E-state index contributed by atoms with van der Waals surface area (Å²) in [5.41, 5.74) is 3.84. The van der Waals surface area contributed by atoms with E-state index in [-0.39, 0.29) is 31.4 Å². The number of alkyl carbamates (subject to hydrolysis) is 1. The minimum atomic E-state index is -1.13. The van der Waals surface area contributed by atoms with E-state index in [2.05, 4.69) is 31.2 Å². The van der Waals surface area contributed by atoms with Gasteiger partial charge < -0.3 is 36.0 Å². The molecule has 2 aromatic heterocycles. The molecule has 6 atom stereocenters. The van der Waals surface area contributed by atoms with Gasteiger partial charge in [0.2, 0.25) is 11.8 Å². The number of ether oxygens (including phenoxy) is 1. The van der Waals surface area contributed by atoms with E-state index >= 15 is 0 Å². The molecule has 13 heteroatoms.